The van der Waals surface area contributed by atoms with Crippen LogP contribution in [0.2, 0.25) is 0 Å². The van der Waals surface area contributed by atoms with Gasteiger partial charge in [0.05, 0.1) is 5.69 Å². The fourth-order valence-corrected chi connectivity index (χ4v) is 2.94. The van der Waals surface area contributed by atoms with Crippen LogP contribution in [0.5, 0.6) is 0 Å². The Balaban J connectivity index is 1.99. The van der Waals surface area contributed by atoms with Crippen LogP contribution in [0.15, 0.2) is 65.2 Å². The lowest BCUT2D eigenvalue weighted by Crippen LogP contribution is -1.86. The minimum Gasteiger partial charge on any atom is -0.455 e. The molecule has 2 aromatic heterocycles. The van der Waals surface area contributed by atoms with Crippen LogP contribution in [-0.4, -0.2) is 4.98 Å². The first-order valence-corrected chi connectivity index (χ1v) is 7.90. The zero-order chi connectivity index (χ0) is 14.2. The van der Waals surface area contributed by atoms with Gasteiger partial charge in [-0.1, -0.05) is 52.3 Å². The molecule has 3 heteroatoms. The molecule has 2 nitrogen and oxygen atoms in total. The molecule has 0 fully saturated rings. The minimum absolute atomic E-state index is 0.815. The van der Waals surface area contributed by atoms with Gasteiger partial charge in [-0.05, 0) is 23.8 Å². The smallest absolute Gasteiger partial charge is 0.144 e. The number of fused-ring (bicyclic) bond motifs is 3. The Bertz CT molecular complexity index is 925. The van der Waals surface area contributed by atoms with E-state index in [4.69, 9.17) is 4.42 Å². The maximum atomic E-state index is 6.05. The lowest BCUT2D eigenvalue weighted by atomic mass is 10.1. The highest BCUT2D eigenvalue weighted by Gasteiger charge is 2.12. The molecule has 0 atom stereocenters. The molecule has 0 unspecified atom stereocenters. The lowest BCUT2D eigenvalue weighted by molar-refractivity contribution is 0.670. The van der Waals surface area contributed by atoms with Crippen molar-refractivity contribution < 1.29 is 4.42 Å². The monoisotopic (exact) mass is 337 g/mol. The van der Waals surface area contributed by atoms with Crippen LogP contribution in [0.1, 0.15) is 5.56 Å². The van der Waals surface area contributed by atoms with Crippen molar-refractivity contribution in [2.45, 2.75) is 5.33 Å². The topological polar surface area (TPSA) is 26.0 Å². The molecule has 2 heterocycles. The Kier molecular flexibility index (Phi) is 3.00. The molecule has 0 radical (unpaired) electrons. The van der Waals surface area contributed by atoms with Crippen molar-refractivity contribution in [1.29, 1.82) is 0 Å². The molecule has 0 N–H and O–H groups in total. The van der Waals surface area contributed by atoms with Gasteiger partial charge in [-0.2, -0.15) is 0 Å². The SMILES string of the molecule is BrCc1ccc(-c2cccc3c2oc2ccccc23)nc1. The molecular weight excluding hydrogens is 326 g/mol. The van der Waals surface area contributed by atoms with Crippen molar-refractivity contribution >= 4 is 37.9 Å². The van der Waals surface area contributed by atoms with E-state index in [9.17, 15) is 0 Å². The van der Waals surface area contributed by atoms with Crippen LogP contribution >= 0.6 is 15.9 Å². The van der Waals surface area contributed by atoms with Crippen LogP contribution in [0.4, 0.5) is 0 Å². The maximum Gasteiger partial charge on any atom is 0.144 e. The van der Waals surface area contributed by atoms with Gasteiger partial charge in [0.1, 0.15) is 11.2 Å². The van der Waals surface area contributed by atoms with Crippen LogP contribution in [-0.2, 0) is 5.33 Å². The number of furan rings is 1. The van der Waals surface area contributed by atoms with Crippen molar-refractivity contribution in [1.82, 2.24) is 4.98 Å². The predicted molar refractivity (Wildman–Crippen MR) is 89.6 cm³/mol. The number of rotatable bonds is 2. The van der Waals surface area contributed by atoms with Crippen molar-refractivity contribution in [3.63, 3.8) is 0 Å². The van der Waals surface area contributed by atoms with E-state index in [0.717, 1.165) is 44.1 Å². The third-order valence-corrected chi connectivity index (χ3v) is 4.31. The van der Waals surface area contributed by atoms with Gasteiger partial charge in [-0.15, -0.1) is 0 Å². The Morgan fingerprint density at radius 3 is 2.57 bits per heavy atom. The molecule has 2 aromatic carbocycles. The third-order valence-electron chi connectivity index (χ3n) is 3.66. The number of benzene rings is 2. The fraction of sp³-hybridized carbons (Fsp3) is 0.0556. The highest BCUT2D eigenvalue weighted by atomic mass is 79.9. The van der Waals surface area contributed by atoms with Crippen molar-refractivity contribution in [3.8, 4) is 11.3 Å². The number of alkyl halides is 1. The second-order valence-electron chi connectivity index (χ2n) is 4.97. The van der Waals surface area contributed by atoms with Crippen LogP contribution in [0.25, 0.3) is 33.2 Å². The number of halogens is 1. The van der Waals surface area contributed by atoms with Crippen molar-refractivity contribution in [2.75, 3.05) is 0 Å². The Morgan fingerprint density at radius 1 is 0.905 bits per heavy atom. The molecule has 0 aliphatic heterocycles. The Morgan fingerprint density at radius 2 is 1.76 bits per heavy atom. The highest BCUT2D eigenvalue weighted by molar-refractivity contribution is 9.08. The molecule has 4 rings (SSSR count). The number of para-hydroxylation sites is 2. The van der Waals surface area contributed by atoms with Gasteiger partial charge in [0.25, 0.3) is 0 Å². The van der Waals surface area contributed by atoms with Crippen LogP contribution in [0, 0.1) is 0 Å². The van der Waals surface area contributed by atoms with E-state index in [1.807, 2.05) is 30.5 Å². The summed E-state index contributed by atoms with van der Waals surface area (Å²) in [4.78, 5) is 4.55. The number of pyridine rings is 1. The molecule has 0 spiro atoms. The predicted octanol–water partition coefficient (Wildman–Crippen LogP) is 5.54. The third kappa shape index (κ3) is 2.05. The largest absolute Gasteiger partial charge is 0.455 e. The number of hydrogen-bond donors (Lipinski definition) is 0. The molecule has 21 heavy (non-hydrogen) atoms. The van der Waals surface area contributed by atoms with Gasteiger partial charge < -0.3 is 4.42 Å². The van der Waals surface area contributed by atoms with Crippen LogP contribution in [0.3, 0.4) is 0 Å². The highest BCUT2D eigenvalue weighted by Crippen LogP contribution is 2.34. The molecule has 102 valence electrons. The zero-order valence-corrected chi connectivity index (χ0v) is 12.8. The summed E-state index contributed by atoms with van der Waals surface area (Å²) in [5.74, 6) is 0. The molecule has 4 aromatic rings. The summed E-state index contributed by atoms with van der Waals surface area (Å²) in [6.45, 7) is 0. The molecular formula is C18H12BrNO. The molecule has 0 bridgehead atoms. The van der Waals surface area contributed by atoms with E-state index in [-0.39, 0.29) is 0 Å². The molecule has 0 amide bonds. The number of aromatic nitrogens is 1. The summed E-state index contributed by atoms with van der Waals surface area (Å²) in [5, 5.41) is 3.09. The first kappa shape index (κ1) is 12.6. The zero-order valence-electron chi connectivity index (χ0n) is 11.2. The maximum absolute atomic E-state index is 6.05. The van der Waals surface area contributed by atoms with E-state index in [1.165, 1.54) is 0 Å². The van der Waals surface area contributed by atoms with Gasteiger partial charge in [0.2, 0.25) is 0 Å². The first-order valence-electron chi connectivity index (χ1n) is 6.78. The average molecular weight is 338 g/mol. The number of hydrogen-bond acceptors (Lipinski definition) is 2. The van der Waals surface area contributed by atoms with E-state index >= 15 is 0 Å². The fourth-order valence-electron chi connectivity index (χ4n) is 2.61. The minimum atomic E-state index is 0.815. The summed E-state index contributed by atoms with van der Waals surface area (Å²) in [7, 11) is 0. The second kappa shape index (κ2) is 5.01. The molecule has 0 saturated heterocycles. The van der Waals surface area contributed by atoms with Gasteiger partial charge in [0, 0.05) is 27.9 Å². The summed E-state index contributed by atoms with van der Waals surface area (Å²) in [6.07, 6.45) is 1.89. The average Bonchev–Trinajstić information content (AvgIpc) is 2.94. The standard InChI is InChI=1S/C18H12BrNO/c19-10-12-8-9-16(20-11-12)15-6-3-5-14-13-4-1-2-7-17(13)21-18(14)15/h1-9,11H,10H2. The van der Waals surface area contributed by atoms with Crippen molar-refractivity contribution in [3.05, 3.63) is 66.4 Å². The summed E-state index contributed by atoms with van der Waals surface area (Å²) in [5.41, 5.74) is 4.94. The van der Waals surface area contributed by atoms with E-state index < -0.39 is 0 Å². The van der Waals surface area contributed by atoms with Crippen molar-refractivity contribution in [2.24, 2.45) is 0 Å². The van der Waals surface area contributed by atoms with Gasteiger partial charge in [-0.25, -0.2) is 0 Å². The first-order chi connectivity index (χ1) is 10.4. The van der Waals surface area contributed by atoms with Crippen LogP contribution < -0.4 is 0 Å². The lowest BCUT2D eigenvalue weighted by Gasteiger charge is -2.02. The van der Waals surface area contributed by atoms with E-state index in [2.05, 4.69) is 51.2 Å². The Labute approximate surface area is 130 Å². The normalized spacial score (nSPS) is 11.3. The summed E-state index contributed by atoms with van der Waals surface area (Å²) < 4.78 is 6.05. The molecule has 0 aliphatic carbocycles. The van der Waals surface area contributed by atoms with E-state index in [1.54, 1.807) is 0 Å². The summed E-state index contributed by atoms with van der Waals surface area (Å²) in [6, 6.07) is 18.4. The van der Waals surface area contributed by atoms with E-state index in [0.29, 0.717) is 0 Å². The quantitative estimate of drug-likeness (QED) is 0.448. The Hall–Kier alpha value is -2.13. The van der Waals surface area contributed by atoms with Gasteiger partial charge >= 0.3 is 0 Å². The second-order valence-corrected chi connectivity index (χ2v) is 5.53. The molecule has 0 aliphatic rings. The van der Waals surface area contributed by atoms with Gasteiger partial charge in [0.15, 0.2) is 0 Å². The molecule has 0 saturated carbocycles. The number of nitrogens with zero attached hydrogens (tertiary/aromatic N) is 1. The van der Waals surface area contributed by atoms with Gasteiger partial charge in [-0.3, -0.25) is 4.98 Å². The summed E-state index contributed by atoms with van der Waals surface area (Å²) >= 11 is 3.44.